The molecule has 1 saturated carbocycles. The van der Waals surface area contributed by atoms with Gasteiger partial charge in [-0.05, 0) is 36.7 Å². The predicted octanol–water partition coefficient (Wildman–Crippen LogP) is 3.13. The summed E-state index contributed by atoms with van der Waals surface area (Å²) in [6.45, 7) is 0. The fourth-order valence-corrected chi connectivity index (χ4v) is 4.27. The number of nitrogens with one attached hydrogen (secondary N) is 2. The Bertz CT molecular complexity index is 748. The normalized spacial score (nSPS) is 22.8. The average Bonchev–Trinajstić information content (AvgIpc) is 3.10. The number of rotatable bonds is 3. The molecule has 120 valence electrons. The lowest BCUT2D eigenvalue weighted by Crippen LogP contribution is -2.42. The van der Waals surface area contributed by atoms with E-state index in [4.69, 9.17) is 12.2 Å². The molecule has 2 fully saturated rings. The highest BCUT2D eigenvalue weighted by Gasteiger charge is 2.39. The number of carbonyl (C=O) groups is 1. The molecule has 1 aromatic heterocycles. The van der Waals surface area contributed by atoms with Gasteiger partial charge in [-0.25, -0.2) is 0 Å². The molecule has 1 atom stereocenters. The summed E-state index contributed by atoms with van der Waals surface area (Å²) in [7, 11) is 0. The van der Waals surface area contributed by atoms with E-state index in [0.29, 0.717) is 17.6 Å². The molecule has 0 bridgehead atoms. The third-order valence-electron chi connectivity index (χ3n) is 5.09. The Morgan fingerprint density at radius 2 is 1.96 bits per heavy atom. The Balaban J connectivity index is 1.54. The molecule has 2 aromatic rings. The summed E-state index contributed by atoms with van der Waals surface area (Å²) in [6, 6.07) is 8.26. The molecule has 2 aliphatic rings. The number of thiocarbonyl (C=S) groups is 1. The Morgan fingerprint density at radius 3 is 2.78 bits per heavy atom. The lowest BCUT2D eigenvalue weighted by Gasteiger charge is -2.30. The zero-order chi connectivity index (χ0) is 15.8. The first-order valence-electron chi connectivity index (χ1n) is 8.42. The first-order chi connectivity index (χ1) is 11.2. The van der Waals surface area contributed by atoms with E-state index in [9.17, 15) is 4.79 Å². The van der Waals surface area contributed by atoms with Gasteiger partial charge >= 0.3 is 0 Å². The molecule has 2 heterocycles. The van der Waals surface area contributed by atoms with Gasteiger partial charge in [-0.1, -0.05) is 37.5 Å². The third kappa shape index (κ3) is 2.63. The Kier molecular flexibility index (Phi) is 3.81. The quantitative estimate of drug-likeness (QED) is 0.852. The van der Waals surface area contributed by atoms with Crippen molar-refractivity contribution < 1.29 is 4.79 Å². The summed E-state index contributed by atoms with van der Waals surface area (Å²) < 4.78 is 0. The molecule has 23 heavy (non-hydrogen) atoms. The second-order valence-electron chi connectivity index (χ2n) is 6.57. The van der Waals surface area contributed by atoms with E-state index in [1.54, 1.807) is 0 Å². The predicted molar refractivity (Wildman–Crippen MR) is 95.2 cm³/mol. The fourth-order valence-electron chi connectivity index (χ4n) is 3.89. The Labute approximate surface area is 141 Å². The van der Waals surface area contributed by atoms with Crippen molar-refractivity contribution >= 4 is 34.1 Å². The van der Waals surface area contributed by atoms with Crippen LogP contribution in [0, 0.1) is 0 Å². The number of amides is 1. The lowest BCUT2D eigenvalue weighted by atomic mass is 9.94. The standard InChI is InChI=1S/C18H21N3OS/c22-17-16(10-12-11-19-15-9-5-4-8-14(12)15)20-18(23)21(17)13-6-2-1-3-7-13/h4-5,8-9,11,13,16,19H,1-3,6-7,10H2,(H,20,23)/t16-/m1/s1. The molecule has 1 aliphatic heterocycles. The molecule has 0 radical (unpaired) electrons. The monoisotopic (exact) mass is 327 g/mol. The molecule has 2 N–H and O–H groups in total. The summed E-state index contributed by atoms with van der Waals surface area (Å²) in [5.41, 5.74) is 2.28. The second kappa shape index (κ2) is 5.96. The maximum absolute atomic E-state index is 12.8. The van der Waals surface area contributed by atoms with Gasteiger partial charge in [0.2, 0.25) is 0 Å². The highest BCUT2D eigenvalue weighted by atomic mass is 32.1. The van der Waals surface area contributed by atoms with Crippen molar-refractivity contribution in [1.29, 1.82) is 0 Å². The number of H-pyrrole nitrogens is 1. The van der Waals surface area contributed by atoms with E-state index in [-0.39, 0.29) is 11.9 Å². The minimum atomic E-state index is -0.233. The van der Waals surface area contributed by atoms with E-state index >= 15 is 0 Å². The van der Waals surface area contributed by atoms with Crippen molar-refractivity contribution in [1.82, 2.24) is 15.2 Å². The van der Waals surface area contributed by atoms with Crippen LogP contribution in [-0.4, -0.2) is 33.0 Å². The molecule has 1 amide bonds. The summed E-state index contributed by atoms with van der Waals surface area (Å²) in [5, 5.41) is 5.05. The summed E-state index contributed by atoms with van der Waals surface area (Å²) >= 11 is 5.45. The zero-order valence-corrected chi connectivity index (χ0v) is 13.9. The van der Waals surface area contributed by atoms with Gasteiger partial charge in [-0.2, -0.15) is 0 Å². The largest absolute Gasteiger partial charge is 0.361 e. The molecule has 4 rings (SSSR count). The first kappa shape index (κ1) is 14.7. The number of hydrogen-bond donors (Lipinski definition) is 2. The van der Waals surface area contributed by atoms with E-state index in [1.165, 1.54) is 30.2 Å². The van der Waals surface area contributed by atoms with Gasteiger partial charge in [-0.3, -0.25) is 9.69 Å². The van der Waals surface area contributed by atoms with Crippen LogP contribution < -0.4 is 5.32 Å². The Morgan fingerprint density at radius 1 is 1.17 bits per heavy atom. The van der Waals surface area contributed by atoms with Crippen molar-refractivity contribution in [3.8, 4) is 0 Å². The van der Waals surface area contributed by atoms with Gasteiger partial charge in [0, 0.05) is 29.6 Å². The van der Waals surface area contributed by atoms with Gasteiger partial charge in [0.1, 0.15) is 6.04 Å². The first-order valence-corrected chi connectivity index (χ1v) is 8.83. The number of fused-ring (bicyclic) bond motifs is 1. The van der Waals surface area contributed by atoms with Gasteiger partial charge in [0.15, 0.2) is 5.11 Å². The van der Waals surface area contributed by atoms with Gasteiger partial charge in [-0.15, -0.1) is 0 Å². The van der Waals surface area contributed by atoms with Crippen LogP contribution >= 0.6 is 12.2 Å². The zero-order valence-electron chi connectivity index (χ0n) is 13.0. The topological polar surface area (TPSA) is 48.1 Å². The van der Waals surface area contributed by atoms with E-state index in [0.717, 1.165) is 18.4 Å². The average molecular weight is 327 g/mol. The van der Waals surface area contributed by atoms with Crippen molar-refractivity contribution in [2.45, 2.75) is 50.6 Å². The highest BCUT2D eigenvalue weighted by molar-refractivity contribution is 7.80. The number of aromatic amines is 1. The highest BCUT2D eigenvalue weighted by Crippen LogP contribution is 2.27. The number of hydrogen-bond acceptors (Lipinski definition) is 2. The molecule has 1 saturated heterocycles. The summed E-state index contributed by atoms with van der Waals surface area (Å²) in [5.74, 6) is 0.146. The molecule has 1 aromatic carbocycles. The maximum Gasteiger partial charge on any atom is 0.251 e. The van der Waals surface area contributed by atoms with Crippen molar-refractivity contribution in [3.63, 3.8) is 0 Å². The van der Waals surface area contributed by atoms with Crippen molar-refractivity contribution in [2.75, 3.05) is 0 Å². The SMILES string of the molecule is O=C1[C@@H](Cc2c[nH]c3ccccc23)NC(=S)N1C1CCCCC1. The Hall–Kier alpha value is -1.88. The smallest absolute Gasteiger partial charge is 0.251 e. The number of nitrogens with zero attached hydrogens (tertiary/aromatic N) is 1. The van der Waals surface area contributed by atoms with Crippen LogP contribution in [0.1, 0.15) is 37.7 Å². The van der Waals surface area contributed by atoms with E-state index in [2.05, 4.69) is 22.4 Å². The second-order valence-corrected chi connectivity index (χ2v) is 6.95. The number of benzene rings is 1. The van der Waals surface area contributed by atoms with Crippen molar-refractivity contribution in [3.05, 3.63) is 36.0 Å². The summed E-state index contributed by atoms with van der Waals surface area (Å²) in [6.07, 6.45) is 8.50. The third-order valence-corrected chi connectivity index (χ3v) is 5.41. The molecule has 0 spiro atoms. The van der Waals surface area contributed by atoms with Crippen LogP contribution in [0.2, 0.25) is 0 Å². The summed E-state index contributed by atoms with van der Waals surface area (Å²) in [4.78, 5) is 18.0. The number of aromatic nitrogens is 1. The van der Waals surface area contributed by atoms with Gasteiger partial charge < -0.3 is 10.3 Å². The van der Waals surface area contributed by atoms with Crippen LogP contribution in [0.15, 0.2) is 30.5 Å². The van der Waals surface area contributed by atoms with E-state index in [1.807, 2.05) is 23.2 Å². The van der Waals surface area contributed by atoms with Crippen LogP contribution in [0.5, 0.6) is 0 Å². The van der Waals surface area contributed by atoms with Crippen LogP contribution in [0.4, 0.5) is 0 Å². The number of carbonyl (C=O) groups excluding carboxylic acids is 1. The minimum Gasteiger partial charge on any atom is -0.361 e. The molecular formula is C18H21N3OS. The fraction of sp³-hybridized carbons (Fsp3) is 0.444. The van der Waals surface area contributed by atoms with Crippen LogP contribution in [0.3, 0.4) is 0 Å². The van der Waals surface area contributed by atoms with E-state index < -0.39 is 0 Å². The van der Waals surface area contributed by atoms with Crippen LogP contribution in [0.25, 0.3) is 10.9 Å². The van der Waals surface area contributed by atoms with Gasteiger partial charge in [0.25, 0.3) is 5.91 Å². The maximum atomic E-state index is 12.8. The number of para-hydroxylation sites is 1. The lowest BCUT2D eigenvalue weighted by molar-refractivity contribution is -0.128. The molecular weight excluding hydrogens is 306 g/mol. The van der Waals surface area contributed by atoms with Gasteiger partial charge in [0.05, 0.1) is 0 Å². The molecule has 0 unspecified atom stereocenters. The molecule has 4 nitrogen and oxygen atoms in total. The molecule has 1 aliphatic carbocycles. The van der Waals surface area contributed by atoms with Crippen molar-refractivity contribution in [2.24, 2.45) is 0 Å². The minimum absolute atomic E-state index is 0.146. The van der Waals surface area contributed by atoms with Crippen LogP contribution in [-0.2, 0) is 11.2 Å². The molecule has 5 heteroatoms.